The van der Waals surface area contributed by atoms with Gasteiger partial charge in [0.2, 0.25) is 0 Å². The highest BCUT2D eigenvalue weighted by Crippen LogP contribution is 2.24. The van der Waals surface area contributed by atoms with Crippen LogP contribution in [0.2, 0.25) is 0 Å². The van der Waals surface area contributed by atoms with Crippen molar-refractivity contribution in [2.75, 3.05) is 0 Å². The molecule has 2 heterocycles. The number of hydrogen-bond donors (Lipinski definition) is 1. The molecule has 3 rings (SSSR count). The summed E-state index contributed by atoms with van der Waals surface area (Å²) < 4.78 is 34.2. The zero-order chi connectivity index (χ0) is 15.0. The van der Waals surface area contributed by atoms with Crippen LogP contribution in [0.4, 0.5) is 8.78 Å². The Morgan fingerprint density at radius 2 is 2.10 bits per heavy atom. The average Bonchev–Trinajstić information content (AvgIpc) is 2.98. The standard InChI is InChI=1S/C13H8F2N2O3S/c14-9-3-7(12(18)19)4-10(15)11(9)20-6-8-5-17-1-2-21-13(17)16-8/h1-5H,6H2,(H,18,19). The number of aromatic carboxylic acids is 1. The predicted octanol–water partition coefficient (Wildman–Crippen LogP) is 2.95. The number of carboxylic acids is 1. The maximum absolute atomic E-state index is 13.7. The normalized spacial score (nSPS) is 11.0. The molecule has 3 aromatic rings. The third-order valence-electron chi connectivity index (χ3n) is 2.75. The fraction of sp³-hybridized carbons (Fsp3) is 0.0769. The minimum atomic E-state index is -1.41. The quantitative estimate of drug-likeness (QED) is 0.804. The summed E-state index contributed by atoms with van der Waals surface area (Å²) >= 11 is 1.42. The SMILES string of the molecule is O=C(O)c1cc(F)c(OCc2cn3ccsc3n2)c(F)c1. The van der Waals surface area contributed by atoms with Gasteiger partial charge >= 0.3 is 5.97 Å². The minimum Gasteiger partial charge on any atom is -0.481 e. The third kappa shape index (κ3) is 2.57. The number of fused-ring (bicyclic) bond motifs is 1. The Balaban J connectivity index is 1.81. The second-order valence-corrected chi connectivity index (χ2v) is 5.06. The van der Waals surface area contributed by atoms with Gasteiger partial charge in [0, 0.05) is 17.8 Å². The Labute approximate surface area is 121 Å². The lowest BCUT2D eigenvalue weighted by molar-refractivity contribution is 0.0695. The molecule has 5 nitrogen and oxygen atoms in total. The van der Waals surface area contributed by atoms with E-state index in [2.05, 4.69) is 4.98 Å². The molecule has 0 fully saturated rings. The number of carbonyl (C=O) groups is 1. The number of aromatic nitrogens is 2. The molecule has 0 aliphatic carbocycles. The summed E-state index contributed by atoms with van der Waals surface area (Å²) in [5.74, 6) is -4.15. The lowest BCUT2D eigenvalue weighted by Gasteiger charge is -2.07. The number of rotatable bonds is 4. The topological polar surface area (TPSA) is 63.8 Å². The Morgan fingerprint density at radius 3 is 2.71 bits per heavy atom. The Kier molecular flexibility index (Phi) is 3.30. The molecule has 0 spiro atoms. The van der Waals surface area contributed by atoms with E-state index in [9.17, 15) is 13.6 Å². The van der Waals surface area contributed by atoms with E-state index < -0.39 is 28.9 Å². The molecular weight excluding hydrogens is 302 g/mol. The van der Waals surface area contributed by atoms with E-state index in [1.807, 2.05) is 5.38 Å². The van der Waals surface area contributed by atoms with E-state index >= 15 is 0 Å². The molecule has 0 amide bonds. The van der Waals surface area contributed by atoms with Crippen LogP contribution in [0.5, 0.6) is 5.75 Å². The molecule has 0 aliphatic heterocycles. The number of imidazole rings is 1. The van der Waals surface area contributed by atoms with Gasteiger partial charge in [-0.05, 0) is 12.1 Å². The first-order valence-corrected chi connectivity index (χ1v) is 6.69. The summed E-state index contributed by atoms with van der Waals surface area (Å²) in [7, 11) is 0. The van der Waals surface area contributed by atoms with Gasteiger partial charge in [-0.1, -0.05) is 0 Å². The average molecular weight is 310 g/mol. The van der Waals surface area contributed by atoms with Crippen molar-refractivity contribution in [2.45, 2.75) is 6.61 Å². The monoisotopic (exact) mass is 310 g/mol. The second kappa shape index (κ2) is 5.13. The molecular formula is C13H8F2N2O3S. The first kappa shape index (κ1) is 13.5. The third-order valence-corrected chi connectivity index (χ3v) is 3.52. The molecule has 0 bridgehead atoms. The number of thiazole rings is 1. The van der Waals surface area contributed by atoms with Crippen LogP contribution in [0.15, 0.2) is 29.9 Å². The Morgan fingerprint density at radius 1 is 1.38 bits per heavy atom. The summed E-state index contributed by atoms with van der Waals surface area (Å²) in [6, 6.07) is 1.43. The maximum Gasteiger partial charge on any atom is 0.335 e. The fourth-order valence-corrected chi connectivity index (χ4v) is 2.53. The molecule has 1 aromatic carbocycles. The van der Waals surface area contributed by atoms with Crippen LogP contribution in [-0.2, 0) is 6.61 Å². The summed E-state index contributed by atoms with van der Waals surface area (Å²) in [5.41, 5.74) is 0.0443. The van der Waals surface area contributed by atoms with Crippen LogP contribution < -0.4 is 4.74 Å². The number of ether oxygens (including phenoxy) is 1. The highest BCUT2D eigenvalue weighted by Gasteiger charge is 2.16. The predicted molar refractivity (Wildman–Crippen MR) is 70.7 cm³/mol. The molecule has 21 heavy (non-hydrogen) atoms. The van der Waals surface area contributed by atoms with E-state index in [0.717, 1.165) is 4.96 Å². The molecule has 0 saturated heterocycles. The van der Waals surface area contributed by atoms with Crippen LogP contribution in [0, 0.1) is 11.6 Å². The van der Waals surface area contributed by atoms with Gasteiger partial charge in [0.05, 0.1) is 11.3 Å². The molecule has 8 heteroatoms. The Hall–Kier alpha value is -2.48. The van der Waals surface area contributed by atoms with Gasteiger partial charge in [-0.2, -0.15) is 0 Å². The molecule has 0 aliphatic rings. The number of hydrogen-bond acceptors (Lipinski definition) is 4. The van der Waals surface area contributed by atoms with Crippen LogP contribution in [0.1, 0.15) is 16.1 Å². The first-order chi connectivity index (χ1) is 10.0. The molecule has 1 N–H and O–H groups in total. The van der Waals surface area contributed by atoms with Crippen molar-refractivity contribution < 1.29 is 23.4 Å². The van der Waals surface area contributed by atoms with Crippen molar-refractivity contribution in [1.29, 1.82) is 0 Å². The van der Waals surface area contributed by atoms with Crippen molar-refractivity contribution >= 4 is 22.3 Å². The highest BCUT2D eigenvalue weighted by atomic mass is 32.1. The maximum atomic E-state index is 13.7. The van der Waals surface area contributed by atoms with E-state index in [-0.39, 0.29) is 6.61 Å². The van der Waals surface area contributed by atoms with Crippen LogP contribution in [-0.4, -0.2) is 20.5 Å². The largest absolute Gasteiger partial charge is 0.481 e. The lowest BCUT2D eigenvalue weighted by Crippen LogP contribution is -2.04. The van der Waals surface area contributed by atoms with E-state index in [4.69, 9.17) is 9.84 Å². The van der Waals surface area contributed by atoms with E-state index in [0.29, 0.717) is 17.8 Å². The summed E-state index contributed by atoms with van der Waals surface area (Å²) in [6.07, 6.45) is 3.49. The van der Waals surface area contributed by atoms with Gasteiger partial charge in [-0.25, -0.2) is 18.6 Å². The van der Waals surface area contributed by atoms with Crippen molar-refractivity contribution in [3.63, 3.8) is 0 Å². The Bertz CT molecular complexity index is 776. The molecule has 2 aromatic heterocycles. The fourth-order valence-electron chi connectivity index (χ4n) is 1.81. The summed E-state index contributed by atoms with van der Waals surface area (Å²) in [5, 5.41) is 10.6. The van der Waals surface area contributed by atoms with E-state index in [1.54, 1.807) is 16.8 Å². The van der Waals surface area contributed by atoms with Gasteiger partial charge in [0.25, 0.3) is 0 Å². The van der Waals surface area contributed by atoms with Crippen LogP contribution in [0.3, 0.4) is 0 Å². The highest BCUT2D eigenvalue weighted by molar-refractivity contribution is 7.15. The van der Waals surface area contributed by atoms with Gasteiger partial charge in [-0.3, -0.25) is 4.40 Å². The lowest BCUT2D eigenvalue weighted by atomic mass is 10.2. The number of nitrogens with zero attached hydrogens (tertiary/aromatic N) is 2. The number of carboxylic acid groups (broad SMARTS) is 1. The van der Waals surface area contributed by atoms with E-state index in [1.165, 1.54) is 11.3 Å². The molecule has 0 atom stereocenters. The van der Waals surface area contributed by atoms with Gasteiger partial charge in [0.1, 0.15) is 6.61 Å². The number of halogens is 2. The van der Waals surface area contributed by atoms with Crippen molar-refractivity contribution in [3.8, 4) is 5.75 Å². The summed E-state index contributed by atoms with van der Waals surface area (Å²) in [6.45, 7) is -0.116. The smallest absolute Gasteiger partial charge is 0.335 e. The first-order valence-electron chi connectivity index (χ1n) is 5.81. The molecule has 0 saturated carbocycles. The zero-order valence-electron chi connectivity index (χ0n) is 10.4. The molecule has 0 unspecified atom stereocenters. The zero-order valence-corrected chi connectivity index (χ0v) is 11.2. The second-order valence-electron chi connectivity index (χ2n) is 4.19. The molecule has 0 radical (unpaired) electrons. The summed E-state index contributed by atoms with van der Waals surface area (Å²) in [4.78, 5) is 15.6. The van der Waals surface area contributed by atoms with Crippen molar-refractivity contribution in [3.05, 3.63) is 52.8 Å². The van der Waals surface area contributed by atoms with Crippen molar-refractivity contribution in [1.82, 2.24) is 9.38 Å². The minimum absolute atomic E-state index is 0.116. The van der Waals surface area contributed by atoms with Crippen molar-refractivity contribution in [2.24, 2.45) is 0 Å². The van der Waals surface area contributed by atoms with Gasteiger partial charge < -0.3 is 9.84 Å². The van der Waals surface area contributed by atoms with Gasteiger partial charge in [0.15, 0.2) is 22.3 Å². The van der Waals surface area contributed by atoms with Crippen LogP contribution in [0.25, 0.3) is 4.96 Å². The molecule has 108 valence electrons. The number of benzene rings is 1. The van der Waals surface area contributed by atoms with Gasteiger partial charge in [-0.15, -0.1) is 11.3 Å². The van der Waals surface area contributed by atoms with Crippen LogP contribution >= 0.6 is 11.3 Å².